The maximum atomic E-state index is 14.4. The summed E-state index contributed by atoms with van der Waals surface area (Å²) in [5.41, 5.74) is 17.6. The Morgan fingerprint density at radius 1 is 0.418 bits per heavy atom. The molecule has 0 radical (unpaired) electrons. The number of carboxylic acids is 4. The topological polar surface area (TPSA) is 535 Å². The van der Waals surface area contributed by atoms with Gasteiger partial charge in [0.1, 0.15) is 54.4 Å². The van der Waals surface area contributed by atoms with E-state index < -0.39 is 207 Å². The van der Waals surface area contributed by atoms with Gasteiger partial charge in [-0.05, 0) is 95.6 Å². The number of carboxylic acid groups (broad SMARTS) is 4. The molecule has 1 aromatic carbocycles. The van der Waals surface area contributed by atoms with E-state index in [-0.39, 0.29) is 62.9 Å². The summed E-state index contributed by atoms with van der Waals surface area (Å²) in [5, 5.41) is 62.7. The number of carbonyl (C=O) groups excluding carboxylic acids is 11. The molecule has 0 aliphatic rings. The molecule has 0 aliphatic carbocycles. The van der Waals surface area contributed by atoms with E-state index in [2.05, 4.69) is 53.2 Å². The van der Waals surface area contributed by atoms with Crippen molar-refractivity contribution in [2.45, 2.75) is 224 Å². The minimum atomic E-state index is -1.83. The molecule has 0 saturated carbocycles. The lowest BCUT2D eigenvalue weighted by Crippen LogP contribution is -2.61. The van der Waals surface area contributed by atoms with Crippen molar-refractivity contribution >= 4 is 88.9 Å². The van der Waals surface area contributed by atoms with Crippen LogP contribution in [-0.4, -0.2) is 182 Å². The minimum absolute atomic E-state index is 0.0104. The van der Waals surface area contributed by atoms with Gasteiger partial charge in [-0.25, -0.2) is 0 Å². The third kappa shape index (κ3) is 33.0. The van der Waals surface area contributed by atoms with Gasteiger partial charge in [0.25, 0.3) is 0 Å². The van der Waals surface area contributed by atoms with E-state index in [0.29, 0.717) is 18.4 Å². The zero-order valence-electron chi connectivity index (χ0n) is 52.8. The van der Waals surface area contributed by atoms with Crippen molar-refractivity contribution in [1.82, 2.24) is 53.2 Å². The molecule has 0 spiro atoms. The van der Waals surface area contributed by atoms with Gasteiger partial charge in [0.15, 0.2) is 0 Å². The molecule has 32 nitrogen and oxygen atoms in total. The Labute approximate surface area is 528 Å². The molecule has 0 unspecified atom stereocenters. The van der Waals surface area contributed by atoms with Gasteiger partial charge in [0.05, 0.1) is 12.5 Å². The maximum absolute atomic E-state index is 14.4. The number of carbonyl (C=O) groups is 15. The van der Waals surface area contributed by atoms with Crippen LogP contribution in [0.5, 0.6) is 0 Å². The van der Waals surface area contributed by atoms with Crippen LogP contribution in [0.3, 0.4) is 0 Å². The van der Waals surface area contributed by atoms with Crippen LogP contribution in [0.1, 0.15) is 157 Å². The Balaban J connectivity index is 3.70. The van der Waals surface area contributed by atoms with Crippen molar-refractivity contribution in [2.75, 3.05) is 6.54 Å². The summed E-state index contributed by atoms with van der Waals surface area (Å²) < 4.78 is 0. The first kappa shape index (κ1) is 80.2. The van der Waals surface area contributed by atoms with Gasteiger partial charge in [-0.1, -0.05) is 77.8 Å². The quantitative estimate of drug-likeness (QED) is 0.0308. The van der Waals surface area contributed by atoms with E-state index in [4.69, 9.17) is 17.2 Å². The Bertz CT molecular complexity index is 2640. The van der Waals surface area contributed by atoms with Crippen LogP contribution < -0.4 is 70.4 Å². The van der Waals surface area contributed by atoms with E-state index in [0.717, 1.165) is 0 Å². The highest BCUT2D eigenvalue weighted by molar-refractivity contribution is 5.99. The predicted octanol–water partition coefficient (Wildman–Crippen LogP) is -2.20. The second-order valence-electron chi connectivity index (χ2n) is 23.0. The van der Waals surface area contributed by atoms with Crippen molar-refractivity contribution in [3.05, 3.63) is 35.9 Å². The molecule has 0 bridgehead atoms. The Morgan fingerprint density at radius 3 is 1.15 bits per heavy atom. The maximum Gasteiger partial charge on any atom is 0.305 e. The molecular formula is C59H95N13O19. The number of primary amides is 1. The second kappa shape index (κ2) is 42.2. The molecule has 11 amide bonds. The summed E-state index contributed by atoms with van der Waals surface area (Å²) in [6.45, 7) is 12.1. The highest BCUT2D eigenvalue weighted by Crippen LogP contribution is 2.14. The summed E-state index contributed by atoms with van der Waals surface area (Å²) in [6, 6.07) is -7.43. The molecular weight excluding hydrogens is 1190 g/mol. The summed E-state index contributed by atoms with van der Waals surface area (Å²) in [7, 11) is 0. The van der Waals surface area contributed by atoms with E-state index in [9.17, 15) is 92.3 Å². The summed E-state index contributed by atoms with van der Waals surface area (Å²) >= 11 is 0. The SMILES string of the molecule is CCCC[C@H](NC(=O)[C@H](CCC(N)=O)NC(=O)[C@H](CCCCN)NC(=O)[C@@H](Cc1ccccc1)NC(=O)[C@H](CC(C)C)NC(=O)[C@@H](N)CC(=O)O)C(=O)N[C@@H](CCC(=O)O)C(=O)N[C@@H](CCC(=O)O)C(=O)N[C@@H](CCC(=O)O)C(=O)N[C@@H](C)C(=O)N[C@H](C)C(C)C. The second-order valence-corrected chi connectivity index (χ2v) is 23.0. The van der Waals surface area contributed by atoms with E-state index >= 15 is 0 Å². The number of hydrogen-bond donors (Lipinski definition) is 17. The van der Waals surface area contributed by atoms with Crippen LogP contribution in [0.2, 0.25) is 0 Å². The minimum Gasteiger partial charge on any atom is -0.481 e. The van der Waals surface area contributed by atoms with Crippen LogP contribution in [0.15, 0.2) is 30.3 Å². The van der Waals surface area contributed by atoms with Crippen LogP contribution in [0, 0.1) is 11.8 Å². The largest absolute Gasteiger partial charge is 0.481 e. The number of aliphatic carboxylic acids is 4. The number of benzene rings is 1. The monoisotopic (exact) mass is 1290 g/mol. The predicted molar refractivity (Wildman–Crippen MR) is 327 cm³/mol. The Kier molecular flexibility index (Phi) is 37.2. The summed E-state index contributed by atoms with van der Waals surface area (Å²) in [6.07, 6.45) is -4.96. The zero-order chi connectivity index (χ0) is 69.1. The van der Waals surface area contributed by atoms with Crippen molar-refractivity contribution < 1.29 is 92.3 Å². The molecule has 0 saturated heterocycles. The summed E-state index contributed by atoms with van der Waals surface area (Å²) in [4.78, 5) is 198. The fourth-order valence-corrected chi connectivity index (χ4v) is 8.73. The molecule has 510 valence electrons. The van der Waals surface area contributed by atoms with Crippen molar-refractivity contribution in [3.63, 3.8) is 0 Å². The molecule has 32 heteroatoms. The number of rotatable bonds is 46. The fourth-order valence-electron chi connectivity index (χ4n) is 8.73. The van der Waals surface area contributed by atoms with E-state index in [1.165, 1.54) is 6.92 Å². The average molecular weight is 1290 g/mol. The highest BCUT2D eigenvalue weighted by atomic mass is 16.4. The lowest BCUT2D eigenvalue weighted by Gasteiger charge is -2.28. The fraction of sp³-hybridized carbons (Fsp3) is 0.644. The Hall–Kier alpha value is -8.81. The number of nitrogens with two attached hydrogens (primary N) is 3. The first-order valence-corrected chi connectivity index (χ1v) is 30.4. The van der Waals surface area contributed by atoms with Crippen molar-refractivity contribution in [2.24, 2.45) is 29.0 Å². The Morgan fingerprint density at radius 2 is 0.780 bits per heavy atom. The molecule has 20 N–H and O–H groups in total. The number of nitrogens with one attached hydrogen (secondary N) is 10. The van der Waals surface area contributed by atoms with Gasteiger partial charge < -0.3 is 90.8 Å². The van der Waals surface area contributed by atoms with Gasteiger partial charge >= 0.3 is 23.9 Å². The lowest BCUT2D eigenvalue weighted by molar-refractivity contribution is -0.140. The van der Waals surface area contributed by atoms with Crippen LogP contribution in [0.4, 0.5) is 0 Å². The first-order valence-electron chi connectivity index (χ1n) is 30.4. The third-order valence-corrected chi connectivity index (χ3v) is 14.3. The third-order valence-electron chi connectivity index (χ3n) is 14.3. The van der Waals surface area contributed by atoms with Gasteiger partial charge in [-0.3, -0.25) is 71.9 Å². The molecule has 0 aliphatic heterocycles. The lowest BCUT2D eigenvalue weighted by atomic mass is 10.00. The highest BCUT2D eigenvalue weighted by Gasteiger charge is 2.36. The molecule has 0 fully saturated rings. The standard InChI is InChI=1S/C59H95N13O19/c1-8-9-17-37(53(85)69-41(21-25-47(76)77)57(89)70-42(22-26-48(78)79)56(88)68-40(20-24-46(74)75)52(84)64-34(7)50(82)63-33(6)32(4)5)65-55(87)39(19-23-45(62)73)67-54(86)38(18-13-14-27-60)66-59(91)44(29-35-15-11-10-12-16-35)72-58(90)43(28-31(2)3)71-51(83)36(61)30-49(80)81/h10-12,15-16,31-34,36-44H,8-9,13-14,17-30,60-61H2,1-7H3,(H2,62,73)(H,63,82)(H,64,84)(H,65,87)(H,66,91)(H,67,86)(H,68,88)(H,69,85)(H,70,89)(H,71,83)(H,72,90)(H,74,75)(H,76,77)(H,78,79)(H,80,81)/t33-,34+,36+,37+,38+,39+,40+,41+,42+,43+,44-/m1/s1. The average Bonchev–Trinajstić information content (AvgIpc) is 1.73. The molecule has 0 heterocycles. The van der Waals surface area contributed by atoms with Gasteiger partial charge in [-0.15, -0.1) is 0 Å². The molecule has 1 aromatic rings. The van der Waals surface area contributed by atoms with E-state index in [1.54, 1.807) is 58.0 Å². The number of unbranched alkanes of at least 4 members (excludes halogenated alkanes) is 2. The normalized spacial score (nSPS) is 14.7. The van der Waals surface area contributed by atoms with Crippen molar-refractivity contribution in [1.29, 1.82) is 0 Å². The molecule has 91 heavy (non-hydrogen) atoms. The van der Waals surface area contributed by atoms with Gasteiger partial charge in [-0.2, -0.15) is 0 Å². The van der Waals surface area contributed by atoms with E-state index in [1.807, 2.05) is 13.8 Å². The molecule has 11 atom stereocenters. The zero-order valence-corrected chi connectivity index (χ0v) is 52.8. The molecule has 0 aromatic heterocycles. The van der Waals surface area contributed by atoms with Crippen LogP contribution in [-0.2, 0) is 78.3 Å². The van der Waals surface area contributed by atoms with Crippen molar-refractivity contribution in [3.8, 4) is 0 Å². The van der Waals surface area contributed by atoms with Gasteiger partial charge in [0.2, 0.25) is 65.0 Å². The first-order chi connectivity index (χ1) is 42.7. The summed E-state index contributed by atoms with van der Waals surface area (Å²) in [5.74, 6) is -16.7. The molecule has 1 rings (SSSR count). The number of amides is 11. The van der Waals surface area contributed by atoms with Crippen LogP contribution >= 0.6 is 0 Å². The smallest absolute Gasteiger partial charge is 0.305 e. The van der Waals surface area contributed by atoms with Crippen LogP contribution in [0.25, 0.3) is 0 Å². The number of hydrogen-bond acceptors (Lipinski definition) is 17. The van der Waals surface area contributed by atoms with Gasteiger partial charge in [0, 0.05) is 38.1 Å².